The van der Waals surface area contributed by atoms with Crippen molar-refractivity contribution in [3.63, 3.8) is 0 Å². The van der Waals surface area contributed by atoms with Crippen LogP contribution in [0.1, 0.15) is 0 Å². The molecular formula is C6H7N2O2. The van der Waals surface area contributed by atoms with Crippen LogP contribution < -0.4 is 10.4 Å². The van der Waals surface area contributed by atoms with Gasteiger partial charge in [-0.3, -0.25) is 0 Å². The maximum absolute atomic E-state index is 10.8. The van der Waals surface area contributed by atoms with Gasteiger partial charge < -0.3 is 9.30 Å². The molecule has 0 aromatic carbocycles. The van der Waals surface area contributed by atoms with Gasteiger partial charge in [0.2, 0.25) is 5.88 Å². The molecule has 1 radical (unpaired) electrons. The maximum Gasteiger partial charge on any atom is 0.350 e. The molecular weight excluding hydrogens is 132 g/mol. The van der Waals surface area contributed by atoms with Crippen LogP contribution in [-0.4, -0.2) is 16.7 Å². The third-order valence-corrected chi connectivity index (χ3v) is 1.07. The Kier molecular flexibility index (Phi) is 1.71. The highest BCUT2D eigenvalue weighted by atomic mass is 16.5. The molecule has 0 bridgehead atoms. The molecule has 0 aliphatic rings. The third kappa shape index (κ3) is 1.15. The molecule has 1 rings (SSSR count). The van der Waals surface area contributed by atoms with Gasteiger partial charge in [0.25, 0.3) is 0 Å². The van der Waals surface area contributed by atoms with E-state index in [0.717, 1.165) is 0 Å². The largest absolute Gasteiger partial charge is 0.480 e. The lowest BCUT2D eigenvalue weighted by atomic mass is 10.6. The monoisotopic (exact) mass is 139 g/mol. The minimum atomic E-state index is -0.337. The van der Waals surface area contributed by atoms with Crippen molar-refractivity contribution < 1.29 is 4.74 Å². The van der Waals surface area contributed by atoms with Crippen molar-refractivity contribution in [1.82, 2.24) is 9.55 Å². The number of nitrogens with zero attached hydrogens (tertiary/aromatic N) is 2. The summed E-state index contributed by atoms with van der Waals surface area (Å²) < 4.78 is 5.99. The first kappa shape index (κ1) is 6.80. The molecule has 0 atom stereocenters. The molecule has 1 aromatic heterocycles. The molecule has 53 valence electrons. The molecule has 1 aromatic rings. The zero-order valence-electron chi connectivity index (χ0n) is 5.79. The van der Waals surface area contributed by atoms with Crippen molar-refractivity contribution in [2.24, 2.45) is 7.05 Å². The summed E-state index contributed by atoms with van der Waals surface area (Å²) in [6.45, 7) is 0. The Morgan fingerprint density at radius 2 is 2.50 bits per heavy atom. The second-order valence-electron chi connectivity index (χ2n) is 1.79. The predicted molar refractivity (Wildman–Crippen MR) is 34.9 cm³/mol. The van der Waals surface area contributed by atoms with E-state index in [1.807, 2.05) is 0 Å². The van der Waals surface area contributed by atoms with Crippen molar-refractivity contribution in [3.05, 3.63) is 22.7 Å². The van der Waals surface area contributed by atoms with Crippen molar-refractivity contribution >= 4 is 0 Å². The smallest absolute Gasteiger partial charge is 0.350 e. The van der Waals surface area contributed by atoms with E-state index >= 15 is 0 Å². The summed E-state index contributed by atoms with van der Waals surface area (Å²) in [6, 6.07) is 2.66. The molecule has 0 aliphatic carbocycles. The predicted octanol–water partition coefficient (Wildman–Crippen LogP) is -0.411. The highest BCUT2D eigenvalue weighted by molar-refractivity contribution is 5.02. The van der Waals surface area contributed by atoms with E-state index in [1.165, 1.54) is 17.9 Å². The summed E-state index contributed by atoms with van der Waals surface area (Å²) >= 11 is 0. The normalized spacial score (nSPS) is 9.40. The van der Waals surface area contributed by atoms with Crippen LogP contribution in [0, 0.1) is 6.07 Å². The van der Waals surface area contributed by atoms with Gasteiger partial charge >= 0.3 is 5.69 Å². The van der Waals surface area contributed by atoms with Crippen LogP contribution in [0.4, 0.5) is 0 Å². The van der Waals surface area contributed by atoms with E-state index in [0.29, 0.717) is 0 Å². The van der Waals surface area contributed by atoms with Gasteiger partial charge in [-0.15, -0.1) is 0 Å². The molecule has 0 N–H and O–H groups in total. The first-order valence-corrected chi connectivity index (χ1v) is 2.73. The van der Waals surface area contributed by atoms with Gasteiger partial charge in [-0.1, -0.05) is 0 Å². The fraction of sp³-hybridized carbons (Fsp3) is 0.333. The van der Waals surface area contributed by atoms with E-state index in [1.54, 1.807) is 7.05 Å². The molecule has 0 saturated heterocycles. The van der Waals surface area contributed by atoms with Crippen LogP contribution in [0.25, 0.3) is 0 Å². The molecule has 10 heavy (non-hydrogen) atoms. The second-order valence-corrected chi connectivity index (χ2v) is 1.79. The van der Waals surface area contributed by atoms with Crippen molar-refractivity contribution in [3.8, 4) is 5.88 Å². The number of aromatic nitrogens is 2. The van der Waals surface area contributed by atoms with Crippen LogP contribution in [0.5, 0.6) is 5.88 Å². The minimum Gasteiger partial charge on any atom is -0.480 e. The Bertz CT molecular complexity index is 279. The lowest BCUT2D eigenvalue weighted by Gasteiger charge is -1.96. The molecule has 0 unspecified atom stereocenters. The SMILES string of the molecule is COc1[c]cn(C)c(=O)n1. The summed E-state index contributed by atoms with van der Waals surface area (Å²) in [5, 5.41) is 0. The number of hydrogen-bond acceptors (Lipinski definition) is 3. The van der Waals surface area contributed by atoms with Gasteiger partial charge in [0, 0.05) is 13.2 Å². The van der Waals surface area contributed by atoms with Crippen LogP contribution in [0.3, 0.4) is 0 Å². The lowest BCUT2D eigenvalue weighted by molar-refractivity contribution is 0.392. The van der Waals surface area contributed by atoms with Gasteiger partial charge in [-0.25, -0.2) is 4.79 Å². The Morgan fingerprint density at radius 1 is 1.80 bits per heavy atom. The molecule has 1 heterocycles. The third-order valence-electron chi connectivity index (χ3n) is 1.07. The number of ether oxygens (including phenoxy) is 1. The van der Waals surface area contributed by atoms with Crippen molar-refractivity contribution in [2.45, 2.75) is 0 Å². The highest BCUT2D eigenvalue weighted by Gasteiger charge is 1.94. The average Bonchev–Trinajstić information content (AvgIpc) is 1.95. The molecule has 0 spiro atoms. The highest BCUT2D eigenvalue weighted by Crippen LogP contribution is 1.95. The van der Waals surface area contributed by atoms with Crippen LogP contribution >= 0.6 is 0 Å². The van der Waals surface area contributed by atoms with Gasteiger partial charge in [-0.2, -0.15) is 4.98 Å². The summed E-state index contributed by atoms with van der Waals surface area (Å²) in [5.74, 6) is 0.225. The first-order chi connectivity index (χ1) is 4.74. The lowest BCUT2D eigenvalue weighted by Crippen LogP contribution is -2.19. The van der Waals surface area contributed by atoms with Crippen molar-refractivity contribution in [2.75, 3.05) is 7.11 Å². The van der Waals surface area contributed by atoms with E-state index in [2.05, 4.69) is 15.8 Å². The quantitative estimate of drug-likeness (QED) is 0.531. The zero-order valence-corrected chi connectivity index (χ0v) is 5.79. The van der Waals surface area contributed by atoms with Crippen molar-refractivity contribution in [1.29, 1.82) is 0 Å². The minimum absolute atomic E-state index is 0.225. The average molecular weight is 139 g/mol. The Hall–Kier alpha value is -1.32. The summed E-state index contributed by atoms with van der Waals surface area (Å²) in [6.07, 6.45) is 1.48. The fourth-order valence-electron chi connectivity index (χ4n) is 0.510. The van der Waals surface area contributed by atoms with Gasteiger partial charge in [0.1, 0.15) is 0 Å². The van der Waals surface area contributed by atoms with E-state index in [-0.39, 0.29) is 11.6 Å². The molecule has 4 heteroatoms. The first-order valence-electron chi connectivity index (χ1n) is 2.73. The summed E-state index contributed by atoms with van der Waals surface area (Å²) in [4.78, 5) is 14.3. The standard InChI is InChI=1S/C6H7N2O2/c1-8-4-3-5(10-2)7-6(8)9/h4H,1-2H3. The topological polar surface area (TPSA) is 44.1 Å². The Morgan fingerprint density at radius 3 is 3.00 bits per heavy atom. The molecule has 0 saturated carbocycles. The number of hydrogen-bond donors (Lipinski definition) is 0. The Labute approximate surface area is 58.1 Å². The number of rotatable bonds is 1. The van der Waals surface area contributed by atoms with Crippen LogP contribution in [0.2, 0.25) is 0 Å². The molecule has 0 fully saturated rings. The second kappa shape index (κ2) is 2.51. The molecule has 0 aliphatic heterocycles. The Balaban J connectivity index is 3.17. The van der Waals surface area contributed by atoms with Gasteiger partial charge in [-0.05, 0) is 0 Å². The van der Waals surface area contributed by atoms with E-state index < -0.39 is 0 Å². The molecule has 0 amide bonds. The van der Waals surface area contributed by atoms with Gasteiger partial charge in [0.05, 0.1) is 13.2 Å². The van der Waals surface area contributed by atoms with E-state index in [9.17, 15) is 4.79 Å². The number of aryl methyl sites for hydroxylation is 1. The van der Waals surface area contributed by atoms with E-state index in [4.69, 9.17) is 0 Å². The summed E-state index contributed by atoms with van der Waals surface area (Å²) in [7, 11) is 3.05. The molecule has 4 nitrogen and oxygen atoms in total. The van der Waals surface area contributed by atoms with Crippen LogP contribution in [0.15, 0.2) is 11.0 Å². The number of methoxy groups -OCH3 is 1. The fourth-order valence-corrected chi connectivity index (χ4v) is 0.510. The van der Waals surface area contributed by atoms with Crippen LogP contribution in [-0.2, 0) is 7.05 Å². The maximum atomic E-state index is 10.8. The van der Waals surface area contributed by atoms with Gasteiger partial charge in [0.15, 0.2) is 0 Å². The summed E-state index contributed by atoms with van der Waals surface area (Å²) in [5.41, 5.74) is -0.337. The zero-order chi connectivity index (χ0) is 7.56.